The lowest BCUT2D eigenvalue weighted by atomic mass is 10.2. The minimum absolute atomic E-state index is 0.123. The number of aromatic nitrogens is 5. The van der Waals surface area contributed by atoms with E-state index in [1.165, 1.54) is 13.3 Å². The monoisotopic (exact) mass is 408 g/mol. The van der Waals surface area contributed by atoms with E-state index in [1.807, 2.05) is 19.9 Å². The summed E-state index contributed by atoms with van der Waals surface area (Å²) in [7, 11) is 1.29. The summed E-state index contributed by atoms with van der Waals surface area (Å²) in [6.07, 6.45) is 3.21. The molecule has 154 valence electrons. The number of benzene rings is 1. The highest BCUT2D eigenvalue weighted by Gasteiger charge is 2.14. The third kappa shape index (κ3) is 3.79. The predicted octanol–water partition coefficient (Wildman–Crippen LogP) is 2.89. The summed E-state index contributed by atoms with van der Waals surface area (Å²) in [4.78, 5) is 24.1. The first-order chi connectivity index (χ1) is 14.4. The number of fused-ring (bicyclic) bond motifs is 1. The number of esters is 1. The minimum Gasteiger partial charge on any atom is -0.463 e. The number of hydrogen-bond acceptors (Lipinski definition) is 7. The molecule has 10 heteroatoms. The smallest absolute Gasteiger partial charge is 0.373 e. The van der Waals surface area contributed by atoms with E-state index in [1.54, 1.807) is 39.8 Å². The Balaban J connectivity index is 1.44. The Morgan fingerprint density at radius 3 is 2.83 bits per heavy atom. The van der Waals surface area contributed by atoms with Gasteiger partial charge in [0, 0.05) is 17.8 Å². The number of nitrogens with one attached hydrogen (secondary N) is 1. The van der Waals surface area contributed by atoms with Crippen LogP contribution >= 0.6 is 0 Å². The number of ether oxygens (including phenoxy) is 1. The standard InChI is InChI=1S/C20H20N6O4/c1-12(2)26-17-6-4-13(8-16(17)23-24-26)19(27)22-14-9-21-25(10-14)11-15-5-7-18(30-15)20(28)29-3/h4-10,12H,11H2,1-3H3,(H,22,27). The van der Waals surface area contributed by atoms with E-state index in [0.717, 1.165) is 5.52 Å². The highest BCUT2D eigenvalue weighted by molar-refractivity contribution is 6.05. The minimum atomic E-state index is -0.542. The summed E-state index contributed by atoms with van der Waals surface area (Å²) < 4.78 is 13.4. The third-order valence-electron chi connectivity index (χ3n) is 4.48. The van der Waals surface area contributed by atoms with Crippen molar-refractivity contribution in [2.45, 2.75) is 26.4 Å². The molecule has 0 fully saturated rings. The molecule has 30 heavy (non-hydrogen) atoms. The van der Waals surface area contributed by atoms with Gasteiger partial charge < -0.3 is 14.5 Å². The van der Waals surface area contributed by atoms with Crippen molar-refractivity contribution >= 4 is 28.6 Å². The van der Waals surface area contributed by atoms with Gasteiger partial charge in [0.1, 0.15) is 11.3 Å². The largest absolute Gasteiger partial charge is 0.463 e. The summed E-state index contributed by atoms with van der Waals surface area (Å²) >= 11 is 0. The molecule has 0 radical (unpaired) electrons. The molecule has 0 unspecified atom stereocenters. The number of anilines is 1. The molecule has 0 aliphatic carbocycles. The van der Waals surface area contributed by atoms with E-state index in [4.69, 9.17) is 4.42 Å². The second kappa shape index (κ2) is 7.82. The first-order valence-corrected chi connectivity index (χ1v) is 9.30. The topological polar surface area (TPSA) is 117 Å². The van der Waals surface area contributed by atoms with Gasteiger partial charge in [0.15, 0.2) is 0 Å². The number of methoxy groups -OCH3 is 1. The van der Waals surface area contributed by atoms with Gasteiger partial charge in [-0.2, -0.15) is 5.10 Å². The van der Waals surface area contributed by atoms with Crippen LogP contribution in [0.3, 0.4) is 0 Å². The molecule has 1 amide bonds. The Hall–Kier alpha value is -3.95. The van der Waals surface area contributed by atoms with Crippen LogP contribution in [0.25, 0.3) is 11.0 Å². The molecule has 4 rings (SSSR count). The second-order valence-electron chi connectivity index (χ2n) is 6.97. The maximum Gasteiger partial charge on any atom is 0.373 e. The van der Waals surface area contributed by atoms with Gasteiger partial charge in [-0.25, -0.2) is 9.48 Å². The molecule has 0 saturated carbocycles. The summed E-state index contributed by atoms with van der Waals surface area (Å²) in [5, 5.41) is 15.3. The van der Waals surface area contributed by atoms with Gasteiger partial charge in [0.05, 0.1) is 31.1 Å². The molecule has 0 aliphatic heterocycles. The molecule has 1 aromatic carbocycles. The fraction of sp³-hybridized carbons (Fsp3) is 0.250. The van der Waals surface area contributed by atoms with Crippen molar-refractivity contribution < 1.29 is 18.7 Å². The quantitative estimate of drug-likeness (QED) is 0.488. The lowest BCUT2D eigenvalue weighted by molar-refractivity contribution is 0.0562. The molecule has 0 saturated heterocycles. The van der Waals surface area contributed by atoms with Crippen LogP contribution in [0.5, 0.6) is 0 Å². The van der Waals surface area contributed by atoms with Gasteiger partial charge in [-0.3, -0.25) is 9.48 Å². The van der Waals surface area contributed by atoms with E-state index in [-0.39, 0.29) is 17.7 Å². The molecule has 0 spiro atoms. The maximum atomic E-state index is 12.6. The summed E-state index contributed by atoms with van der Waals surface area (Å²) in [5.74, 6) is -0.158. The SMILES string of the molecule is COC(=O)c1ccc(Cn2cc(NC(=O)c3ccc4c(c3)nnn4C(C)C)cn2)o1. The van der Waals surface area contributed by atoms with Gasteiger partial charge in [-0.1, -0.05) is 5.21 Å². The zero-order valence-corrected chi connectivity index (χ0v) is 16.7. The molecule has 0 bridgehead atoms. The molecule has 0 aliphatic rings. The van der Waals surface area contributed by atoms with E-state index >= 15 is 0 Å². The van der Waals surface area contributed by atoms with Crippen LogP contribution in [0.1, 0.15) is 46.6 Å². The average molecular weight is 408 g/mol. The number of amides is 1. The van der Waals surface area contributed by atoms with Crippen molar-refractivity contribution in [3.8, 4) is 0 Å². The van der Waals surface area contributed by atoms with E-state index in [0.29, 0.717) is 29.1 Å². The summed E-state index contributed by atoms with van der Waals surface area (Å²) in [5.41, 5.74) is 2.54. The van der Waals surface area contributed by atoms with Gasteiger partial charge >= 0.3 is 5.97 Å². The Morgan fingerprint density at radius 2 is 2.07 bits per heavy atom. The van der Waals surface area contributed by atoms with Crippen LogP contribution in [0, 0.1) is 0 Å². The molecular formula is C20H20N6O4. The summed E-state index contributed by atoms with van der Waals surface area (Å²) in [6.45, 7) is 4.34. The van der Waals surface area contributed by atoms with Crippen LogP contribution in [-0.2, 0) is 11.3 Å². The van der Waals surface area contributed by atoms with E-state index in [2.05, 4.69) is 25.5 Å². The highest BCUT2D eigenvalue weighted by Crippen LogP contribution is 2.18. The van der Waals surface area contributed by atoms with Crippen molar-refractivity contribution in [1.29, 1.82) is 0 Å². The van der Waals surface area contributed by atoms with Crippen LogP contribution in [0.4, 0.5) is 5.69 Å². The third-order valence-corrected chi connectivity index (χ3v) is 4.48. The number of hydrogen-bond donors (Lipinski definition) is 1. The van der Waals surface area contributed by atoms with Gasteiger partial charge in [-0.15, -0.1) is 5.10 Å². The Bertz CT molecular complexity index is 1220. The molecule has 3 aromatic heterocycles. The average Bonchev–Trinajstić information content (AvgIpc) is 3.46. The fourth-order valence-corrected chi connectivity index (χ4v) is 3.02. The molecule has 1 N–H and O–H groups in total. The Morgan fingerprint density at radius 1 is 1.23 bits per heavy atom. The van der Waals surface area contributed by atoms with E-state index < -0.39 is 5.97 Å². The normalized spacial score (nSPS) is 11.2. The van der Waals surface area contributed by atoms with Crippen LogP contribution < -0.4 is 5.32 Å². The lowest BCUT2D eigenvalue weighted by Gasteiger charge is -2.06. The molecule has 10 nitrogen and oxygen atoms in total. The fourth-order valence-electron chi connectivity index (χ4n) is 3.02. The highest BCUT2D eigenvalue weighted by atomic mass is 16.5. The van der Waals surface area contributed by atoms with Gasteiger partial charge in [0.2, 0.25) is 5.76 Å². The van der Waals surface area contributed by atoms with Gasteiger partial charge in [-0.05, 0) is 44.2 Å². The first-order valence-electron chi connectivity index (χ1n) is 9.30. The second-order valence-corrected chi connectivity index (χ2v) is 6.97. The molecule has 4 aromatic rings. The Labute approximate surface area is 171 Å². The van der Waals surface area contributed by atoms with Crippen molar-refractivity contribution in [3.63, 3.8) is 0 Å². The number of carbonyl (C=O) groups is 2. The zero-order chi connectivity index (χ0) is 21.3. The first kappa shape index (κ1) is 19.4. The lowest BCUT2D eigenvalue weighted by Crippen LogP contribution is -2.11. The van der Waals surface area contributed by atoms with Crippen molar-refractivity contribution in [1.82, 2.24) is 24.8 Å². The van der Waals surface area contributed by atoms with Crippen LogP contribution in [0.15, 0.2) is 47.1 Å². The zero-order valence-electron chi connectivity index (χ0n) is 16.7. The van der Waals surface area contributed by atoms with Crippen LogP contribution in [0.2, 0.25) is 0 Å². The maximum absolute atomic E-state index is 12.6. The molecule has 0 atom stereocenters. The van der Waals surface area contributed by atoms with Crippen LogP contribution in [-0.4, -0.2) is 43.8 Å². The van der Waals surface area contributed by atoms with Crippen molar-refractivity contribution in [2.24, 2.45) is 0 Å². The summed E-state index contributed by atoms with van der Waals surface area (Å²) in [6, 6.07) is 8.67. The number of rotatable bonds is 6. The number of furan rings is 1. The Kier molecular flexibility index (Phi) is 5.05. The van der Waals surface area contributed by atoms with Gasteiger partial charge in [0.25, 0.3) is 5.91 Å². The van der Waals surface area contributed by atoms with Crippen molar-refractivity contribution in [3.05, 3.63) is 59.8 Å². The number of nitrogens with zero attached hydrogens (tertiary/aromatic N) is 5. The van der Waals surface area contributed by atoms with E-state index in [9.17, 15) is 9.59 Å². The van der Waals surface area contributed by atoms with Crippen molar-refractivity contribution in [2.75, 3.05) is 12.4 Å². The molecular weight excluding hydrogens is 388 g/mol. The predicted molar refractivity (Wildman–Crippen MR) is 107 cm³/mol. The number of carbonyl (C=O) groups excluding carboxylic acids is 2. The molecule has 3 heterocycles.